The van der Waals surface area contributed by atoms with Crippen LogP contribution in [-0.2, 0) is 9.53 Å². The van der Waals surface area contributed by atoms with E-state index in [1.165, 1.54) is 0 Å². The molecule has 12 heavy (non-hydrogen) atoms. The van der Waals surface area contributed by atoms with Crippen molar-refractivity contribution >= 4 is 5.78 Å². The molecule has 1 spiro atoms. The third-order valence-corrected chi connectivity index (χ3v) is 2.89. The number of nitrogens with one attached hydrogen (secondary N) is 1. The van der Waals surface area contributed by atoms with E-state index in [9.17, 15) is 4.79 Å². The second-order valence-electron chi connectivity index (χ2n) is 3.80. The highest BCUT2D eigenvalue weighted by molar-refractivity contribution is 5.79. The molecule has 1 heterocycles. The zero-order valence-electron chi connectivity index (χ0n) is 7.27. The van der Waals surface area contributed by atoms with Gasteiger partial charge in [-0.15, -0.1) is 0 Å². The monoisotopic (exact) mass is 169 g/mol. The Hall–Kier alpha value is -0.410. The largest absolute Gasteiger partial charge is 0.378 e. The molecule has 1 aliphatic heterocycles. The summed E-state index contributed by atoms with van der Waals surface area (Å²) in [6.45, 7) is 2.55. The Balaban J connectivity index is 1.96. The van der Waals surface area contributed by atoms with Crippen LogP contribution in [0.5, 0.6) is 0 Å². The maximum Gasteiger partial charge on any atom is 0.133 e. The van der Waals surface area contributed by atoms with Gasteiger partial charge in [-0.3, -0.25) is 4.79 Å². The number of ketones is 1. The molecule has 1 saturated heterocycles. The lowest BCUT2D eigenvalue weighted by Crippen LogP contribution is -2.56. The second kappa shape index (κ2) is 3.15. The molecule has 0 aromatic rings. The fourth-order valence-corrected chi connectivity index (χ4v) is 2.04. The minimum absolute atomic E-state index is 0.145. The van der Waals surface area contributed by atoms with E-state index in [0.717, 1.165) is 45.4 Å². The Morgan fingerprint density at radius 2 is 2.08 bits per heavy atom. The molecular weight excluding hydrogens is 154 g/mol. The summed E-state index contributed by atoms with van der Waals surface area (Å²) in [7, 11) is 0. The average Bonchev–Trinajstić information content (AvgIpc) is 2.13. The van der Waals surface area contributed by atoms with E-state index in [-0.39, 0.29) is 5.54 Å². The van der Waals surface area contributed by atoms with Gasteiger partial charge in [-0.2, -0.15) is 0 Å². The Morgan fingerprint density at radius 1 is 1.33 bits per heavy atom. The van der Waals surface area contributed by atoms with Gasteiger partial charge in [-0.25, -0.2) is 0 Å². The van der Waals surface area contributed by atoms with E-state index in [0.29, 0.717) is 5.78 Å². The summed E-state index contributed by atoms with van der Waals surface area (Å²) >= 11 is 0. The SMILES string of the molecule is O=C1CCC2(CC1)COCCN2. The fraction of sp³-hybridized carbons (Fsp3) is 0.889. The first kappa shape index (κ1) is 8.20. The Labute approximate surface area is 72.5 Å². The Morgan fingerprint density at radius 3 is 2.67 bits per heavy atom. The quantitative estimate of drug-likeness (QED) is 0.573. The lowest BCUT2D eigenvalue weighted by molar-refractivity contribution is -0.122. The van der Waals surface area contributed by atoms with Crippen molar-refractivity contribution in [3.8, 4) is 0 Å². The number of Topliss-reactive ketones (excluding diaryl/α,β-unsaturated/α-hetero) is 1. The number of carbonyl (C=O) groups excluding carboxylic acids is 1. The Bertz CT molecular complexity index is 173. The molecule has 0 atom stereocenters. The highest BCUT2D eigenvalue weighted by atomic mass is 16.5. The lowest BCUT2D eigenvalue weighted by Gasteiger charge is -2.40. The zero-order valence-corrected chi connectivity index (χ0v) is 7.27. The summed E-state index contributed by atoms with van der Waals surface area (Å²) < 4.78 is 5.42. The second-order valence-corrected chi connectivity index (χ2v) is 3.80. The summed E-state index contributed by atoms with van der Waals surface area (Å²) in [6, 6.07) is 0. The minimum atomic E-state index is 0.145. The molecule has 1 saturated carbocycles. The van der Waals surface area contributed by atoms with Crippen molar-refractivity contribution in [3.63, 3.8) is 0 Å². The summed E-state index contributed by atoms with van der Waals surface area (Å²) in [5.74, 6) is 0.410. The summed E-state index contributed by atoms with van der Waals surface area (Å²) in [4.78, 5) is 11.0. The van der Waals surface area contributed by atoms with Crippen molar-refractivity contribution in [2.24, 2.45) is 0 Å². The van der Waals surface area contributed by atoms with Crippen LogP contribution < -0.4 is 5.32 Å². The maximum atomic E-state index is 11.0. The van der Waals surface area contributed by atoms with Crippen molar-refractivity contribution < 1.29 is 9.53 Å². The van der Waals surface area contributed by atoms with Gasteiger partial charge in [-0.1, -0.05) is 0 Å². The molecule has 68 valence electrons. The summed E-state index contributed by atoms with van der Waals surface area (Å²) in [6.07, 6.45) is 3.39. The van der Waals surface area contributed by atoms with Crippen LogP contribution in [-0.4, -0.2) is 31.1 Å². The van der Waals surface area contributed by atoms with E-state index in [2.05, 4.69) is 5.32 Å². The molecule has 0 unspecified atom stereocenters. The van der Waals surface area contributed by atoms with E-state index in [1.54, 1.807) is 0 Å². The van der Waals surface area contributed by atoms with Crippen molar-refractivity contribution in [2.75, 3.05) is 19.8 Å². The Kier molecular flexibility index (Phi) is 2.15. The molecule has 0 radical (unpaired) electrons. The molecule has 3 nitrogen and oxygen atoms in total. The van der Waals surface area contributed by atoms with Crippen LogP contribution in [0.15, 0.2) is 0 Å². The molecule has 2 fully saturated rings. The highest BCUT2D eigenvalue weighted by Crippen LogP contribution is 2.27. The third-order valence-electron chi connectivity index (χ3n) is 2.89. The van der Waals surface area contributed by atoms with Crippen molar-refractivity contribution in [1.29, 1.82) is 0 Å². The van der Waals surface area contributed by atoms with Crippen molar-refractivity contribution in [3.05, 3.63) is 0 Å². The van der Waals surface area contributed by atoms with E-state index in [4.69, 9.17) is 4.74 Å². The van der Waals surface area contributed by atoms with Gasteiger partial charge in [0.25, 0.3) is 0 Å². The molecule has 2 rings (SSSR count). The molecule has 3 heteroatoms. The van der Waals surface area contributed by atoms with E-state index in [1.807, 2.05) is 0 Å². The van der Waals surface area contributed by atoms with E-state index >= 15 is 0 Å². The zero-order chi connectivity index (χ0) is 8.44. The molecule has 1 aliphatic carbocycles. The maximum absolute atomic E-state index is 11.0. The molecule has 0 bridgehead atoms. The van der Waals surface area contributed by atoms with Crippen molar-refractivity contribution in [2.45, 2.75) is 31.2 Å². The van der Waals surface area contributed by atoms with Gasteiger partial charge in [0.1, 0.15) is 5.78 Å². The summed E-state index contributed by atoms with van der Waals surface area (Å²) in [5.41, 5.74) is 0.145. The topological polar surface area (TPSA) is 38.3 Å². The smallest absolute Gasteiger partial charge is 0.133 e. The average molecular weight is 169 g/mol. The van der Waals surface area contributed by atoms with Crippen LogP contribution >= 0.6 is 0 Å². The first-order valence-corrected chi connectivity index (χ1v) is 4.65. The van der Waals surface area contributed by atoms with Gasteiger partial charge in [0, 0.05) is 24.9 Å². The van der Waals surface area contributed by atoms with Crippen LogP contribution in [0.2, 0.25) is 0 Å². The van der Waals surface area contributed by atoms with Gasteiger partial charge in [0.05, 0.1) is 13.2 Å². The molecule has 0 aromatic carbocycles. The normalized spacial score (nSPS) is 29.2. The number of rotatable bonds is 0. The number of carbonyl (C=O) groups is 1. The lowest BCUT2D eigenvalue weighted by atomic mass is 9.81. The van der Waals surface area contributed by atoms with Gasteiger partial charge < -0.3 is 10.1 Å². The summed E-state index contributed by atoms with van der Waals surface area (Å²) in [5, 5.41) is 3.48. The predicted molar refractivity (Wildman–Crippen MR) is 45.0 cm³/mol. The van der Waals surface area contributed by atoms with Gasteiger partial charge in [0.15, 0.2) is 0 Å². The standard InChI is InChI=1S/C9H15NO2/c11-8-1-3-9(4-2-8)7-12-6-5-10-9/h10H,1-7H2. The fourth-order valence-electron chi connectivity index (χ4n) is 2.04. The van der Waals surface area contributed by atoms with Gasteiger partial charge >= 0.3 is 0 Å². The van der Waals surface area contributed by atoms with Crippen molar-refractivity contribution in [1.82, 2.24) is 5.32 Å². The van der Waals surface area contributed by atoms with Crippen LogP contribution in [0.3, 0.4) is 0 Å². The van der Waals surface area contributed by atoms with E-state index < -0.39 is 0 Å². The van der Waals surface area contributed by atoms with Crippen LogP contribution in [0, 0.1) is 0 Å². The number of morpholine rings is 1. The molecule has 0 aromatic heterocycles. The number of ether oxygens (including phenoxy) is 1. The third kappa shape index (κ3) is 1.52. The first-order valence-electron chi connectivity index (χ1n) is 4.65. The van der Waals surface area contributed by atoms with Gasteiger partial charge in [0.2, 0.25) is 0 Å². The number of hydrogen-bond acceptors (Lipinski definition) is 3. The highest BCUT2D eigenvalue weighted by Gasteiger charge is 2.35. The minimum Gasteiger partial charge on any atom is -0.378 e. The molecule has 0 amide bonds. The molecule has 1 N–H and O–H groups in total. The van der Waals surface area contributed by atoms with Crippen LogP contribution in [0.4, 0.5) is 0 Å². The first-order chi connectivity index (χ1) is 5.81. The van der Waals surface area contributed by atoms with Gasteiger partial charge in [-0.05, 0) is 12.8 Å². The van der Waals surface area contributed by atoms with Crippen LogP contribution in [0.25, 0.3) is 0 Å². The molecular formula is C9H15NO2. The predicted octanol–water partition coefficient (Wildman–Crippen LogP) is 0.488. The molecule has 2 aliphatic rings. The number of hydrogen-bond donors (Lipinski definition) is 1. The van der Waals surface area contributed by atoms with Crippen LogP contribution in [0.1, 0.15) is 25.7 Å².